The van der Waals surface area contributed by atoms with Crippen LogP contribution in [0.3, 0.4) is 0 Å². The Balaban J connectivity index is 1.59. The van der Waals surface area contributed by atoms with E-state index in [4.69, 9.17) is 5.73 Å². The van der Waals surface area contributed by atoms with Gasteiger partial charge in [0.1, 0.15) is 0 Å². The molecule has 0 bridgehead atoms. The Morgan fingerprint density at radius 3 is 1.75 bits per heavy atom. The van der Waals surface area contributed by atoms with Crippen molar-refractivity contribution in [1.82, 2.24) is 4.90 Å². The molecule has 0 aliphatic carbocycles. The predicted octanol–water partition coefficient (Wildman–Crippen LogP) is 5.05. The van der Waals surface area contributed by atoms with Crippen molar-refractivity contribution < 1.29 is 4.79 Å². The van der Waals surface area contributed by atoms with Gasteiger partial charge in [-0.15, -0.1) is 0 Å². The smallest absolute Gasteiger partial charge is 0.266 e. The molecule has 4 aromatic carbocycles. The van der Waals surface area contributed by atoms with Crippen LogP contribution in [0.15, 0.2) is 114 Å². The van der Waals surface area contributed by atoms with Gasteiger partial charge in [0.05, 0.1) is 0 Å². The summed E-state index contributed by atoms with van der Waals surface area (Å²) < 4.78 is 0. The fourth-order valence-corrected chi connectivity index (χ4v) is 4.27. The van der Waals surface area contributed by atoms with E-state index in [2.05, 4.69) is 47.5 Å². The topological polar surface area (TPSA) is 58.7 Å². The van der Waals surface area contributed by atoms with Crippen LogP contribution in [0.25, 0.3) is 22.3 Å². The van der Waals surface area contributed by atoms with Gasteiger partial charge in [0.15, 0.2) is 11.5 Å². The molecule has 1 atom stereocenters. The van der Waals surface area contributed by atoms with Crippen molar-refractivity contribution in [2.24, 2.45) is 10.7 Å². The molecule has 1 heterocycles. The van der Waals surface area contributed by atoms with Gasteiger partial charge >= 0.3 is 0 Å². The summed E-state index contributed by atoms with van der Waals surface area (Å²) in [5.74, 6) is 0.0641. The van der Waals surface area contributed by atoms with Gasteiger partial charge in [0, 0.05) is 7.05 Å². The van der Waals surface area contributed by atoms with Crippen LogP contribution >= 0.6 is 0 Å². The lowest BCUT2D eigenvalue weighted by Gasteiger charge is -2.26. The number of nitrogens with zero attached hydrogens (tertiary/aromatic N) is 2. The summed E-state index contributed by atoms with van der Waals surface area (Å²) in [6.07, 6.45) is 0. The molecular weight excluding hydrogens is 394 g/mol. The summed E-state index contributed by atoms with van der Waals surface area (Å²) >= 11 is 0. The lowest BCUT2D eigenvalue weighted by molar-refractivity contribution is -0.129. The molecular formula is C28H23N3O. The van der Waals surface area contributed by atoms with Gasteiger partial charge in [0.25, 0.3) is 5.91 Å². The van der Waals surface area contributed by atoms with Crippen LogP contribution in [0.1, 0.15) is 11.1 Å². The highest BCUT2D eigenvalue weighted by atomic mass is 16.2. The molecule has 0 fully saturated rings. The number of guanidine groups is 1. The zero-order valence-corrected chi connectivity index (χ0v) is 17.8. The number of benzene rings is 4. The third-order valence-electron chi connectivity index (χ3n) is 6.04. The van der Waals surface area contributed by atoms with E-state index < -0.39 is 5.54 Å². The molecule has 0 saturated heterocycles. The second-order valence-corrected chi connectivity index (χ2v) is 7.93. The number of hydrogen-bond acceptors (Lipinski definition) is 3. The first-order valence-corrected chi connectivity index (χ1v) is 10.5. The van der Waals surface area contributed by atoms with Gasteiger partial charge in [0.2, 0.25) is 0 Å². The first kappa shape index (κ1) is 19.8. The summed E-state index contributed by atoms with van der Waals surface area (Å²) in [6.45, 7) is 0. The number of rotatable bonds is 4. The highest BCUT2D eigenvalue weighted by Crippen LogP contribution is 2.40. The highest BCUT2D eigenvalue weighted by molar-refractivity contribution is 6.09. The zero-order chi connectivity index (χ0) is 22.1. The monoisotopic (exact) mass is 417 g/mol. The lowest BCUT2D eigenvalue weighted by Crippen LogP contribution is -2.41. The van der Waals surface area contributed by atoms with Crippen LogP contribution in [-0.2, 0) is 10.3 Å². The summed E-state index contributed by atoms with van der Waals surface area (Å²) in [6, 6.07) is 36.4. The average molecular weight is 418 g/mol. The molecule has 0 saturated carbocycles. The second kappa shape index (κ2) is 7.82. The first-order chi connectivity index (χ1) is 15.6. The second-order valence-electron chi connectivity index (χ2n) is 7.93. The Hall–Kier alpha value is -4.18. The van der Waals surface area contributed by atoms with Gasteiger partial charge in [-0.05, 0) is 39.4 Å². The van der Waals surface area contributed by atoms with Crippen molar-refractivity contribution in [3.05, 3.63) is 120 Å². The molecule has 0 radical (unpaired) electrons. The van der Waals surface area contributed by atoms with E-state index in [-0.39, 0.29) is 11.9 Å². The van der Waals surface area contributed by atoms with Gasteiger partial charge < -0.3 is 5.73 Å². The van der Waals surface area contributed by atoms with Crippen molar-refractivity contribution in [1.29, 1.82) is 0 Å². The fourth-order valence-electron chi connectivity index (χ4n) is 4.27. The Bertz CT molecular complexity index is 1300. The van der Waals surface area contributed by atoms with E-state index in [9.17, 15) is 4.79 Å². The van der Waals surface area contributed by atoms with Crippen molar-refractivity contribution >= 4 is 11.9 Å². The normalized spacial score (nSPS) is 18.0. The molecule has 0 spiro atoms. The van der Waals surface area contributed by atoms with Crippen molar-refractivity contribution in [2.45, 2.75) is 5.54 Å². The maximum absolute atomic E-state index is 13.4. The predicted molar refractivity (Wildman–Crippen MR) is 129 cm³/mol. The van der Waals surface area contributed by atoms with Crippen molar-refractivity contribution in [2.75, 3.05) is 7.05 Å². The number of nitrogens with two attached hydrogens (primary N) is 1. The van der Waals surface area contributed by atoms with Crippen LogP contribution in [0.5, 0.6) is 0 Å². The molecule has 1 aliphatic heterocycles. The first-order valence-electron chi connectivity index (χ1n) is 10.5. The number of aliphatic imine (C=N–C) groups is 1. The summed E-state index contributed by atoms with van der Waals surface area (Å²) in [4.78, 5) is 19.5. The number of carbonyl (C=O) groups excluding carboxylic acids is 1. The van der Waals surface area contributed by atoms with Crippen LogP contribution in [0.4, 0.5) is 0 Å². The minimum atomic E-state index is -1.18. The molecule has 2 N–H and O–H groups in total. The van der Waals surface area contributed by atoms with Crippen LogP contribution in [0.2, 0.25) is 0 Å². The van der Waals surface area contributed by atoms with Crippen LogP contribution in [-0.4, -0.2) is 23.8 Å². The van der Waals surface area contributed by atoms with Crippen molar-refractivity contribution in [3.63, 3.8) is 0 Å². The molecule has 1 unspecified atom stereocenters. The Labute approximate surface area is 187 Å². The number of hydrogen-bond donors (Lipinski definition) is 1. The number of carbonyl (C=O) groups is 1. The minimum absolute atomic E-state index is 0.155. The van der Waals surface area contributed by atoms with Crippen LogP contribution < -0.4 is 5.73 Å². The average Bonchev–Trinajstić information content (AvgIpc) is 3.10. The maximum Gasteiger partial charge on any atom is 0.266 e. The number of likely N-dealkylation sites (N-methyl/N-ethyl adjacent to an activating group) is 1. The third kappa shape index (κ3) is 3.17. The van der Waals surface area contributed by atoms with E-state index in [0.717, 1.165) is 27.8 Å². The quantitative estimate of drug-likeness (QED) is 0.505. The number of amides is 1. The summed E-state index contributed by atoms with van der Waals surface area (Å²) in [5.41, 5.74) is 11.0. The lowest BCUT2D eigenvalue weighted by atomic mass is 9.81. The molecule has 0 aromatic heterocycles. The molecule has 32 heavy (non-hydrogen) atoms. The molecule has 1 aliphatic rings. The van der Waals surface area contributed by atoms with Crippen molar-refractivity contribution in [3.8, 4) is 22.3 Å². The minimum Gasteiger partial charge on any atom is -0.369 e. The van der Waals surface area contributed by atoms with Gasteiger partial charge in [-0.3, -0.25) is 9.69 Å². The van der Waals surface area contributed by atoms with E-state index in [1.807, 2.05) is 66.7 Å². The van der Waals surface area contributed by atoms with E-state index >= 15 is 0 Å². The van der Waals surface area contributed by atoms with Gasteiger partial charge in [-0.25, -0.2) is 4.99 Å². The molecule has 4 nitrogen and oxygen atoms in total. The van der Waals surface area contributed by atoms with Crippen LogP contribution in [0, 0.1) is 0 Å². The molecule has 156 valence electrons. The van der Waals surface area contributed by atoms with E-state index in [1.54, 1.807) is 7.05 Å². The molecule has 4 heteroatoms. The fraction of sp³-hybridized carbons (Fsp3) is 0.0714. The molecule has 4 aromatic rings. The molecule has 5 rings (SSSR count). The van der Waals surface area contributed by atoms with Gasteiger partial charge in [-0.2, -0.15) is 0 Å². The van der Waals surface area contributed by atoms with Gasteiger partial charge in [-0.1, -0.05) is 103 Å². The summed E-state index contributed by atoms with van der Waals surface area (Å²) in [7, 11) is 1.66. The standard InChI is InChI=1S/C28H23N3O/c1-31-26(32)28(30-27(31)29,24-12-6-3-7-13-24)25-14-8-11-23(19-25)22-17-15-21(16-18-22)20-9-4-2-5-10-20/h2-19H,1H3,(H2,29,30). The third-order valence-corrected chi connectivity index (χ3v) is 6.04. The van der Waals surface area contributed by atoms with E-state index in [0.29, 0.717) is 0 Å². The SMILES string of the molecule is CN1C(=O)C(c2ccccc2)(c2cccc(-c3ccc(-c4ccccc4)cc3)c2)N=C1N. The zero-order valence-electron chi connectivity index (χ0n) is 17.8. The molecule has 1 amide bonds. The maximum atomic E-state index is 13.4. The Kier molecular flexibility index (Phi) is 4.83. The Morgan fingerprint density at radius 2 is 1.16 bits per heavy atom. The largest absolute Gasteiger partial charge is 0.369 e. The van der Waals surface area contributed by atoms with E-state index in [1.165, 1.54) is 10.5 Å². The Morgan fingerprint density at radius 1 is 0.656 bits per heavy atom. The summed E-state index contributed by atoms with van der Waals surface area (Å²) in [5, 5.41) is 0. The highest BCUT2D eigenvalue weighted by Gasteiger charge is 2.49.